The molecule has 20 heavy (non-hydrogen) atoms. The first kappa shape index (κ1) is 14.7. The molecule has 1 fully saturated rings. The summed E-state index contributed by atoms with van der Waals surface area (Å²) < 4.78 is 0. The van der Waals surface area contributed by atoms with Gasteiger partial charge in [0.05, 0.1) is 6.04 Å². The molecule has 1 atom stereocenters. The average Bonchev–Trinajstić information content (AvgIpc) is 2.93. The molecule has 0 aromatic carbocycles. The van der Waals surface area contributed by atoms with Crippen LogP contribution in [0.15, 0.2) is 16.8 Å². The maximum absolute atomic E-state index is 12.7. The van der Waals surface area contributed by atoms with Gasteiger partial charge in [-0.3, -0.25) is 19.8 Å². The number of nitrogens with zero attached hydrogens (tertiary/aromatic N) is 1. The molecule has 1 aromatic rings. The fraction of sp³-hybridized carbons (Fsp3) is 0.500. The highest BCUT2D eigenvalue weighted by atomic mass is 32.1. The van der Waals surface area contributed by atoms with E-state index in [-0.39, 0.29) is 6.04 Å². The van der Waals surface area contributed by atoms with Crippen LogP contribution in [0.5, 0.6) is 0 Å². The summed E-state index contributed by atoms with van der Waals surface area (Å²) in [6.07, 6.45) is 0.766. The smallest absolute Gasteiger partial charge is 0.277 e. The summed E-state index contributed by atoms with van der Waals surface area (Å²) in [5.41, 5.74) is -0.230. The third-order valence-electron chi connectivity index (χ3n) is 4.12. The second-order valence-corrected chi connectivity index (χ2v) is 5.74. The Morgan fingerprint density at radius 3 is 2.45 bits per heavy atom. The number of hydrogen-bond donors (Lipinski definition) is 1. The Bertz CT molecular complexity index is 535. The van der Waals surface area contributed by atoms with Gasteiger partial charge in [0, 0.05) is 0 Å². The number of hydrogen-bond acceptors (Lipinski definition) is 4. The van der Waals surface area contributed by atoms with Gasteiger partial charge in [-0.2, -0.15) is 11.3 Å². The zero-order valence-electron chi connectivity index (χ0n) is 11.8. The molecule has 1 aromatic heterocycles. The van der Waals surface area contributed by atoms with Crippen molar-refractivity contribution in [3.8, 4) is 0 Å². The van der Waals surface area contributed by atoms with Crippen LogP contribution in [0.4, 0.5) is 4.79 Å². The number of barbiturate groups is 1. The number of imide groups is 2. The number of nitrogens with one attached hydrogen (secondary N) is 1. The molecular formula is C14H18N2O3S. The van der Waals surface area contributed by atoms with Crippen molar-refractivity contribution in [2.75, 3.05) is 0 Å². The number of amides is 4. The zero-order chi connectivity index (χ0) is 14.9. The lowest BCUT2D eigenvalue weighted by Gasteiger charge is -2.40. The lowest BCUT2D eigenvalue weighted by atomic mass is 9.78. The van der Waals surface area contributed by atoms with E-state index in [0.717, 1.165) is 5.56 Å². The molecule has 1 aliphatic rings. The second kappa shape index (κ2) is 5.36. The molecule has 2 rings (SSSR count). The van der Waals surface area contributed by atoms with Gasteiger partial charge in [-0.05, 0) is 42.2 Å². The second-order valence-electron chi connectivity index (χ2n) is 4.96. The van der Waals surface area contributed by atoms with E-state index < -0.39 is 23.3 Å². The SMILES string of the molecule is CCC1(CC)C(=O)NC(=O)N(C(C)c2ccsc2)C1=O. The third-order valence-corrected chi connectivity index (χ3v) is 4.82. The first-order chi connectivity index (χ1) is 9.47. The minimum atomic E-state index is -1.13. The Labute approximate surface area is 122 Å². The molecular weight excluding hydrogens is 276 g/mol. The van der Waals surface area contributed by atoms with Gasteiger partial charge in [0.1, 0.15) is 5.41 Å². The average molecular weight is 294 g/mol. The lowest BCUT2D eigenvalue weighted by molar-refractivity contribution is -0.153. The van der Waals surface area contributed by atoms with Crippen LogP contribution in [0.2, 0.25) is 0 Å². The molecule has 0 spiro atoms. The molecule has 1 unspecified atom stereocenters. The van der Waals surface area contributed by atoms with Crippen molar-refractivity contribution in [2.24, 2.45) is 5.41 Å². The van der Waals surface area contributed by atoms with Crippen molar-refractivity contribution in [1.29, 1.82) is 0 Å². The van der Waals surface area contributed by atoms with E-state index in [2.05, 4.69) is 5.32 Å². The summed E-state index contributed by atoms with van der Waals surface area (Å²) in [4.78, 5) is 38.0. The highest BCUT2D eigenvalue weighted by Crippen LogP contribution is 2.36. The van der Waals surface area contributed by atoms with Gasteiger partial charge in [0.25, 0.3) is 0 Å². The highest BCUT2D eigenvalue weighted by molar-refractivity contribution is 7.08. The largest absolute Gasteiger partial charge is 0.331 e. The van der Waals surface area contributed by atoms with Crippen LogP contribution in [0, 0.1) is 5.41 Å². The molecule has 0 saturated carbocycles. The summed E-state index contributed by atoms with van der Waals surface area (Å²) in [7, 11) is 0. The Morgan fingerprint density at radius 1 is 1.30 bits per heavy atom. The number of rotatable bonds is 4. The maximum Gasteiger partial charge on any atom is 0.331 e. The fourth-order valence-corrected chi connectivity index (χ4v) is 3.33. The van der Waals surface area contributed by atoms with Gasteiger partial charge in [0.15, 0.2) is 0 Å². The van der Waals surface area contributed by atoms with E-state index in [1.807, 2.05) is 16.8 Å². The Morgan fingerprint density at radius 2 is 1.95 bits per heavy atom. The summed E-state index contributed by atoms with van der Waals surface area (Å²) in [5, 5.41) is 6.13. The summed E-state index contributed by atoms with van der Waals surface area (Å²) in [5.74, 6) is -0.874. The minimum Gasteiger partial charge on any atom is -0.277 e. The molecule has 1 N–H and O–H groups in total. The number of carbonyl (C=O) groups excluding carboxylic acids is 3. The van der Waals surface area contributed by atoms with Crippen LogP contribution >= 0.6 is 11.3 Å². The molecule has 6 heteroatoms. The van der Waals surface area contributed by atoms with Crippen molar-refractivity contribution in [3.63, 3.8) is 0 Å². The molecule has 0 aliphatic carbocycles. The highest BCUT2D eigenvalue weighted by Gasteiger charge is 2.52. The van der Waals surface area contributed by atoms with E-state index in [1.165, 1.54) is 16.2 Å². The monoisotopic (exact) mass is 294 g/mol. The van der Waals surface area contributed by atoms with Crippen LogP contribution in [-0.4, -0.2) is 22.7 Å². The Hall–Kier alpha value is -1.69. The first-order valence-corrected chi connectivity index (χ1v) is 7.63. The van der Waals surface area contributed by atoms with Crippen LogP contribution in [0.3, 0.4) is 0 Å². The van der Waals surface area contributed by atoms with E-state index in [4.69, 9.17) is 0 Å². The van der Waals surface area contributed by atoms with E-state index in [1.54, 1.807) is 20.8 Å². The lowest BCUT2D eigenvalue weighted by Crippen LogP contribution is -2.63. The summed E-state index contributed by atoms with van der Waals surface area (Å²) in [6, 6.07) is 0.877. The van der Waals surface area contributed by atoms with Crippen LogP contribution in [0.25, 0.3) is 0 Å². The van der Waals surface area contributed by atoms with Gasteiger partial charge in [-0.15, -0.1) is 0 Å². The molecule has 2 heterocycles. The Balaban J connectivity index is 2.40. The normalized spacial score (nSPS) is 19.9. The van der Waals surface area contributed by atoms with Gasteiger partial charge in [-0.25, -0.2) is 4.79 Å². The summed E-state index contributed by atoms with van der Waals surface area (Å²) >= 11 is 1.51. The van der Waals surface area contributed by atoms with Gasteiger partial charge >= 0.3 is 6.03 Å². The third kappa shape index (κ3) is 2.04. The minimum absolute atomic E-state index is 0.376. The molecule has 4 amide bonds. The summed E-state index contributed by atoms with van der Waals surface area (Å²) in [6.45, 7) is 5.39. The molecule has 108 valence electrons. The maximum atomic E-state index is 12.7. The first-order valence-electron chi connectivity index (χ1n) is 6.69. The Kier molecular flexibility index (Phi) is 3.94. The van der Waals surface area contributed by atoms with Gasteiger partial charge < -0.3 is 0 Å². The van der Waals surface area contributed by atoms with E-state index in [9.17, 15) is 14.4 Å². The topological polar surface area (TPSA) is 66.5 Å². The van der Waals surface area contributed by atoms with Crippen molar-refractivity contribution >= 4 is 29.2 Å². The molecule has 0 radical (unpaired) electrons. The predicted molar refractivity (Wildman–Crippen MR) is 76.1 cm³/mol. The van der Waals surface area contributed by atoms with Gasteiger partial charge in [0.2, 0.25) is 11.8 Å². The fourth-order valence-electron chi connectivity index (χ4n) is 2.58. The van der Waals surface area contributed by atoms with Crippen LogP contribution in [0.1, 0.15) is 45.2 Å². The van der Waals surface area contributed by atoms with Crippen molar-refractivity contribution in [2.45, 2.75) is 39.7 Å². The number of urea groups is 1. The molecule has 0 bridgehead atoms. The molecule has 1 aliphatic heterocycles. The van der Waals surface area contributed by atoms with Crippen LogP contribution < -0.4 is 5.32 Å². The van der Waals surface area contributed by atoms with Crippen molar-refractivity contribution < 1.29 is 14.4 Å². The zero-order valence-corrected chi connectivity index (χ0v) is 12.6. The number of carbonyl (C=O) groups is 3. The predicted octanol–water partition coefficient (Wildman–Crippen LogP) is 2.69. The number of thiophene rings is 1. The van der Waals surface area contributed by atoms with Crippen molar-refractivity contribution in [1.82, 2.24) is 10.2 Å². The molecule has 1 saturated heterocycles. The van der Waals surface area contributed by atoms with E-state index >= 15 is 0 Å². The van der Waals surface area contributed by atoms with Gasteiger partial charge in [-0.1, -0.05) is 13.8 Å². The van der Waals surface area contributed by atoms with Crippen LogP contribution in [-0.2, 0) is 9.59 Å². The quantitative estimate of drug-likeness (QED) is 0.868. The van der Waals surface area contributed by atoms with Crippen molar-refractivity contribution in [3.05, 3.63) is 22.4 Å². The molecule has 5 nitrogen and oxygen atoms in total. The van der Waals surface area contributed by atoms with E-state index in [0.29, 0.717) is 12.8 Å². The standard InChI is InChI=1S/C14H18N2O3S/c1-4-14(5-2)11(17)15-13(19)16(12(14)18)9(3)10-6-7-20-8-10/h6-9H,4-5H2,1-3H3,(H,15,17,19).